The van der Waals surface area contributed by atoms with Crippen LogP contribution in [0.3, 0.4) is 0 Å². The van der Waals surface area contributed by atoms with Gasteiger partial charge in [0.2, 0.25) is 5.28 Å². The Hall–Kier alpha value is -1.34. The Kier molecular flexibility index (Phi) is 4.51. The minimum atomic E-state index is -0.463. The Balaban J connectivity index is 1.55. The van der Waals surface area contributed by atoms with Crippen molar-refractivity contribution in [2.75, 3.05) is 31.1 Å². The summed E-state index contributed by atoms with van der Waals surface area (Å²) in [6.45, 7) is 8.73. The average molecular weight is 374 g/mol. The highest BCUT2D eigenvalue weighted by Crippen LogP contribution is 2.43. The Morgan fingerprint density at radius 3 is 2.38 bits per heavy atom. The first-order chi connectivity index (χ1) is 11.2. The third-order valence-corrected chi connectivity index (χ3v) is 4.84. The number of carbonyl (C=O) groups is 1. The first kappa shape index (κ1) is 17.5. The number of ether oxygens (including phenoxy) is 1. The molecular weight excluding hydrogens is 353 g/mol. The van der Waals surface area contributed by atoms with Gasteiger partial charge >= 0.3 is 6.09 Å². The summed E-state index contributed by atoms with van der Waals surface area (Å²) in [5.74, 6) is 0.580. The van der Waals surface area contributed by atoms with Crippen molar-refractivity contribution < 1.29 is 9.53 Å². The van der Waals surface area contributed by atoms with E-state index in [1.165, 1.54) is 0 Å². The summed E-state index contributed by atoms with van der Waals surface area (Å²) >= 11 is 11.8. The van der Waals surface area contributed by atoms with Crippen LogP contribution in [0.15, 0.2) is 0 Å². The monoisotopic (exact) mass is 373 g/mol. The Morgan fingerprint density at radius 2 is 1.79 bits per heavy atom. The van der Waals surface area contributed by atoms with E-state index in [1.54, 1.807) is 4.90 Å². The maximum atomic E-state index is 12.1. The fourth-order valence-corrected chi connectivity index (χ4v) is 3.52. The number of aromatic nitrogens is 3. The van der Waals surface area contributed by atoms with Crippen LogP contribution in [0.2, 0.25) is 10.4 Å². The van der Waals surface area contributed by atoms with Crippen LogP contribution in [0, 0.1) is 5.41 Å². The van der Waals surface area contributed by atoms with Gasteiger partial charge in [-0.2, -0.15) is 4.98 Å². The molecule has 1 aromatic rings. The first-order valence-corrected chi connectivity index (χ1v) is 8.72. The fraction of sp³-hybridized carbons (Fsp3) is 0.733. The molecule has 2 aliphatic rings. The molecule has 0 radical (unpaired) electrons. The van der Waals surface area contributed by atoms with Crippen LogP contribution < -0.4 is 4.90 Å². The Bertz CT molecular complexity index is 633. The lowest BCUT2D eigenvalue weighted by molar-refractivity contribution is 0.00589. The van der Waals surface area contributed by atoms with Crippen LogP contribution in [0.25, 0.3) is 0 Å². The molecule has 7 nitrogen and oxygen atoms in total. The minimum Gasteiger partial charge on any atom is -0.444 e. The molecule has 2 saturated heterocycles. The number of hydrogen-bond acceptors (Lipinski definition) is 6. The van der Waals surface area contributed by atoms with E-state index in [2.05, 4.69) is 20.1 Å². The summed E-state index contributed by atoms with van der Waals surface area (Å²) < 4.78 is 5.44. The number of nitrogens with zero attached hydrogens (tertiary/aromatic N) is 5. The van der Waals surface area contributed by atoms with Gasteiger partial charge in [0.25, 0.3) is 0 Å². The second kappa shape index (κ2) is 6.19. The lowest BCUT2D eigenvalue weighted by Crippen LogP contribution is -2.61. The van der Waals surface area contributed by atoms with Gasteiger partial charge in [-0.15, -0.1) is 10.2 Å². The van der Waals surface area contributed by atoms with E-state index < -0.39 is 5.60 Å². The highest BCUT2D eigenvalue weighted by Gasteiger charge is 2.47. The second-order valence-corrected chi connectivity index (χ2v) is 8.21. The maximum Gasteiger partial charge on any atom is 0.410 e. The molecule has 9 heteroatoms. The largest absolute Gasteiger partial charge is 0.444 e. The molecule has 0 unspecified atom stereocenters. The van der Waals surface area contributed by atoms with Crippen LogP contribution in [-0.4, -0.2) is 58.0 Å². The minimum absolute atomic E-state index is 0.0927. The third kappa shape index (κ3) is 3.67. The highest BCUT2D eigenvalue weighted by molar-refractivity contribution is 6.32. The zero-order chi connectivity index (χ0) is 17.5. The third-order valence-electron chi connectivity index (χ3n) is 4.43. The smallest absolute Gasteiger partial charge is 0.410 e. The number of carbonyl (C=O) groups excluding carboxylic acids is 1. The molecule has 0 bridgehead atoms. The maximum absolute atomic E-state index is 12.1. The van der Waals surface area contributed by atoms with Gasteiger partial charge < -0.3 is 14.5 Å². The van der Waals surface area contributed by atoms with Crippen molar-refractivity contribution in [1.82, 2.24) is 20.1 Å². The van der Waals surface area contributed by atoms with Crippen LogP contribution in [0.1, 0.15) is 33.6 Å². The van der Waals surface area contributed by atoms with Crippen molar-refractivity contribution in [2.45, 2.75) is 39.2 Å². The predicted octanol–water partition coefficient (Wildman–Crippen LogP) is 3.02. The molecule has 1 amide bonds. The van der Waals surface area contributed by atoms with Crippen molar-refractivity contribution in [2.24, 2.45) is 5.41 Å². The van der Waals surface area contributed by atoms with E-state index in [4.69, 9.17) is 27.9 Å². The second-order valence-electron chi connectivity index (χ2n) is 7.52. The highest BCUT2D eigenvalue weighted by atomic mass is 35.5. The van der Waals surface area contributed by atoms with Crippen LogP contribution in [-0.2, 0) is 4.74 Å². The van der Waals surface area contributed by atoms with Crippen molar-refractivity contribution >= 4 is 35.1 Å². The number of halogens is 2. The number of anilines is 1. The molecule has 1 spiro atoms. The molecule has 2 aliphatic heterocycles. The van der Waals surface area contributed by atoms with Gasteiger partial charge in [0.05, 0.1) is 0 Å². The number of amides is 1. The molecule has 0 aromatic carbocycles. The average Bonchev–Trinajstić information content (AvgIpc) is 2.46. The molecular formula is C15H21Cl2N5O2. The molecule has 2 fully saturated rings. The first-order valence-electron chi connectivity index (χ1n) is 7.96. The van der Waals surface area contributed by atoms with E-state index in [0.29, 0.717) is 18.9 Å². The lowest BCUT2D eigenvalue weighted by Gasteiger charge is -2.54. The zero-order valence-corrected chi connectivity index (χ0v) is 15.6. The van der Waals surface area contributed by atoms with Gasteiger partial charge in [-0.1, -0.05) is 11.6 Å². The zero-order valence-electron chi connectivity index (χ0n) is 14.1. The number of likely N-dealkylation sites (tertiary alicyclic amines) is 1. The molecule has 1 aromatic heterocycles. The molecule has 132 valence electrons. The van der Waals surface area contributed by atoms with Gasteiger partial charge in [-0.05, 0) is 45.2 Å². The van der Waals surface area contributed by atoms with Crippen molar-refractivity contribution in [3.05, 3.63) is 10.4 Å². The SMILES string of the molecule is CC(C)(C)OC(=O)N1CCC2(CC1)CN(c1nc(Cl)nnc1Cl)C2. The van der Waals surface area contributed by atoms with Crippen molar-refractivity contribution in [3.8, 4) is 0 Å². The summed E-state index contributed by atoms with van der Waals surface area (Å²) in [5, 5.41) is 7.78. The summed E-state index contributed by atoms with van der Waals surface area (Å²) in [7, 11) is 0. The van der Waals surface area contributed by atoms with Gasteiger partial charge in [0, 0.05) is 31.6 Å². The van der Waals surface area contributed by atoms with E-state index in [-0.39, 0.29) is 21.9 Å². The van der Waals surface area contributed by atoms with Crippen molar-refractivity contribution in [3.63, 3.8) is 0 Å². The van der Waals surface area contributed by atoms with Crippen LogP contribution >= 0.6 is 23.2 Å². The molecule has 0 saturated carbocycles. The Morgan fingerprint density at radius 1 is 1.17 bits per heavy atom. The Labute approximate surface area is 151 Å². The number of piperidine rings is 1. The van der Waals surface area contributed by atoms with Crippen LogP contribution in [0.4, 0.5) is 10.6 Å². The summed E-state index contributed by atoms with van der Waals surface area (Å²) in [5.41, 5.74) is -0.269. The molecule has 0 atom stereocenters. The topological polar surface area (TPSA) is 71.5 Å². The van der Waals surface area contributed by atoms with Gasteiger partial charge in [0.1, 0.15) is 5.60 Å². The normalized spacial score (nSPS) is 20.0. The summed E-state index contributed by atoms with van der Waals surface area (Å²) in [6.07, 6.45) is 1.64. The van der Waals surface area contributed by atoms with Crippen LogP contribution in [0.5, 0.6) is 0 Å². The molecule has 3 rings (SSSR count). The molecule has 0 N–H and O–H groups in total. The predicted molar refractivity (Wildman–Crippen MR) is 91.5 cm³/mol. The molecule has 24 heavy (non-hydrogen) atoms. The van der Waals surface area contributed by atoms with E-state index in [1.807, 2.05) is 20.8 Å². The van der Waals surface area contributed by atoms with Gasteiger partial charge in [-0.25, -0.2) is 4.79 Å². The van der Waals surface area contributed by atoms with E-state index >= 15 is 0 Å². The standard InChI is InChI=1S/C15H21Cl2N5O2/c1-14(2,3)24-13(23)21-6-4-15(5-7-21)8-22(9-15)11-10(16)19-20-12(17)18-11/h4-9H2,1-3H3. The van der Waals surface area contributed by atoms with Gasteiger partial charge in [-0.3, -0.25) is 0 Å². The summed E-state index contributed by atoms with van der Waals surface area (Å²) in [6, 6.07) is 0. The fourth-order valence-electron chi connectivity index (χ4n) is 3.21. The number of rotatable bonds is 1. The lowest BCUT2D eigenvalue weighted by atomic mass is 9.72. The van der Waals surface area contributed by atoms with E-state index in [9.17, 15) is 4.79 Å². The molecule has 3 heterocycles. The molecule has 0 aliphatic carbocycles. The quantitative estimate of drug-likeness (QED) is 0.753. The summed E-state index contributed by atoms with van der Waals surface area (Å²) in [4.78, 5) is 20.1. The number of hydrogen-bond donors (Lipinski definition) is 0. The van der Waals surface area contributed by atoms with E-state index in [0.717, 1.165) is 25.9 Å². The van der Waals surface area contributed by atoms with Gasteiger partial charge in [0.15, 0.2) is 11.0 Å². The van der Waals surface area contributed by atoms with Crippen molar-refractivity contribution in [1.29, 1.82) is 0 Å².